The van der Waals surface area contributed by atoms with E-state index in [9.17, 15) is 14.7 Å². The van der Waals surface area contributed by atoms with E-state index in [1.54, 1.807) is 24.0 Å². The summed E-state index contributed by atoms with van der Waals surface area (Å²) < 4.78 is 7.19. The summed E-state index contributed by atoms with van der Waals surface area (Å²) in [6, 6.07) is 4.88. The number of nitrogens with zero attached hydrogens (tertiary/aromatic N) is 2. The fourth-order valence-electron chi connectivity index (χ4n) is 2.90. The molecule has 1 aliphatic rings. The van der Waals surface area contributed by atoms with E-state index in [0.29, 0.717) is 25.4 Å². The van der Waals surface area contributed by atoms with Crippen LogP contribution in [0.15, 0.2) is 23.0 Å². The van der Waals surface area contributed by atoms with E-state index < -0.39 is 5.60 Å². The number of aromatic nitrogens is 1. The monoisotopic (exact) mass is 336 g/mol. The molecule has 1 amide bonds. The number of aryl methyl sites for hydroxylation is 1. The molecule has 1 aromatic heterocycles. The molecule has 2 rings (SSSR count). The zero-order valence-corrected chi connectivity index (χ0v) is 15.2. The second kappa shape index (κ2) is 6.69. The number of carbonyl (C=O) groups excluding carboxylic acids is 1. The summed E-state index contributed by atoms with van der Waals surface area (Å²) in [6.45, 7) is 10.7. The van der Waals surface area contributed by atoms with Gasteiger partial charge in [0.15, 0.2) is 5.60 Å². The first kappa shape index (κ1) is 18.7. The Bertz CT molecular complexity index is 658. The van der Waals surface area contributed by atoms with Crippen molar-refractivity contribution in [2.24, 2.45) is 5.41 Å². The van der Waals surface area contributed by atoms with E-state index in [1.807, 2.05) is 0 Å². The number of carbonyl (C=O) groups is 1. The molecule has 0 spiro atoms. The van der Waals surface area contributed by atoms with Crippen molar-refractivity contribution in [2.45, 2.75) is 52.9 Å². The molecule has 0 aliphatic carbocycles. The van der Waals surface area contributed by atoms with Crippen LogP contribution in [0.2, 0.25) is 0 Å². The maximum Gasteiger partial charge on any atom is 0.256 e. The summed E-state index contributed by atoms with van der Waals surface area (Å²) in [4.78, 5) is 26.5. The van der Waals surface area contributed by atoms with Crippen molar-refractivity contribution in [2.75, 3.05) is 19.7 Å². The highest BCUT2D eigenvalue weighted by atomic mass is 16.5. The van der Waals surface area contributed by atoms with Gasteiger partial charge in [-0.1, -0.05) is 26.8 Å². The molecule has 0 saturated carbocycles. The summed E-state index contributed by atoms with van der Waals surface area (Å²) in [5.41, 5.74) is -1.24. The summed E-state index contributed by atoms with van der Waals surface area (Å²) >= 11 is 0. The van der Waals surface area contributed by atoms with Crippen LogP contribution in [0.25, 0.3) is 0 Å². The fraction of sp³-hybridized carbons (Fsp3) is 0.667. The van der Waals surface area contributed by atoms with Gasteiger partial charge in [0.1, 0.15) is 0 Å². The van der Waals surface area contributed by atoms with Crippen molar-refractivity contribution < 1.29 is 14.6 Å². The topological polar surface area (TPSA) is 71.8 Å². The van der Waals surface area contributed by atoms with E-state index in [4.69, 9.17) is 4.74 Å². The van der Waals surface area contributed by atoms with Crippen LogP contribution in [-0.4, -0.2) is 51.9 Å². The van der Waals surface area contributed by atoms with E-state index in [1.165, 1.54) is 17.6 Å². The van der Waals surface area contributed by atoms with Crippen molar-refractivity contribution in [1.82, 2.24) is 9.47 Å². The summed E-state index contributed by atoms with van der Waals surface area (Å²) in [7, 11) is 0. The highest BCUT2D eigenvalue weighted by Gasteiger charge is 2.39. The molecule has 0 unspecified atom stereocenters. The zero-order valence-electron chi connectivity index (χ0n) is 15.2. The molecule has 1 N–H and O–H groups in total. The SMILES string of the molecule is Cc1cccc(=O)n1C[C@](C)(O)C(=O)N1CCO[C@@H](C(C)(C)C)C1. The Balaban J connectivity index is 2.17. The van der Waals surface area contributed by atoms with Gasteiger partial charge in [-0.25, -0.2) is 0 Å². The maximum atomic E-state index is 12.8. The molecular formula is C18H28N2O4. The van der Waals surface area contributed by atoms with Crippen molar-refractivity contribution in [1.29, 1.82) is 0 Å². The number of ether oxygens (including phenoxy) is 1. The molecule has 1 fully saturated rings. The van der Waals surface area contributed by atoms with E-state index in [-0.39, 0.29) is 29.5 Å². The molecule has 6 nitrogen and oxygen atoms in total. The molecule has 0 aromatic carbocycles. The lowest BCUT2D eigenvalue weighted by Gasteiger charge is -2.41. The van der Waals surface area contributed by atoms with Gasteiger partial charge in [0.05, 0.1) is 19.3 Å². The van der Waals surface area contributed by atoms with Crippen LogP contribution >= 0.6 is 0 Å². The van der Waals surface area contributed by atoms with Gasteiger partial charge in [0.25, 0.3) is 11.5 Å². The molecule has 1 aliphatic heterocycles. The molecule has 6 heteroatoms. The molecular weight excluding hydrogens is 308 g/mol. The number of rotatable bonds is 3. The molecule has 2 atom stereocenters. The van der Waals surface area contributed by atoms with Crippen molar-refractivity contribution >= 4 is 5.91 Å². The Morgan fingerprint density at radius 1 is 1.33 bits per heavy atom. The summed E-state index contributed by atoms with van der Waals surface area (Å²) in [5, 5.41) is 10.7. The van der Waals surface area contributed by atoms with Gasteiger partial charge >= 0.3 is 0 Å². The highest BCUT2D eigenvalue weighted by molar-refractivity contribution is 5.84. The second-order valence-corrected chi connectivity index (χ2v) is 7.84. The Morgan fingerprint density at radius 3 is 2.58 bits per heavy atom. The van der Waals surface area contributed by atoms with Crippen LogP contribution in [0.5, 0.6) is 0 Å². The van der Waals surface area contributed by atoms with Crippen molar-refractivity contribution in [3.05, 3.63) is 34.2 Å². The van der Waals surface area contributed by atoms with Gasteiger partial charge in [0, 0.05) is 24.8 Å². The van der Waals surface area contributed by atoms with Crippen LogP contribution in [0.3, 0.4) is 0 Å². The first-order valence-electron chi connectivity index (χ1n) is 8.32. The molecule has 1 saturated heterocycles. The minimum atomic E-state index is -1.64. The van der Waals surface area contributed by atoms with Crippen LogP contribution in [-0.2, 0) is 16.1 Å². The zero-order chi connectivity index (χ0) is 18.1. The Morgan fingerprint density at radius 2 is 2.00 bits per heavy atom. The normalized spacial score (nSPS) is 21.4. The third-order valence-corrected chi connectivity index (χ3v) is 4.51. The van der Waals surface area contributed by atoms with Gasteiger partial charge in [-0.05, 0) is 25.3 Å². The van der Waals surface area contributed by atoms with E-state index in [0.717, 1.165) is 0 Å². The van der Waals surface area contributed by atoms with Crippen LogP contribution < -0.4 is 5.56 Å². The molecule has 0 radical (unpaired) electrons. The third-order valence-electron chi connectivity index (χ3n) is 4.51. The average Bonchev–Trinajstić information content (AvgIpc) is 2.49. The first-order valence-corrected chi connectivity index (χ1v) is 8.32. The number of amides is 1. The number of hydrogen-bond acceptors (Lipinski definition) is 4. The maximum absolute atomic E-state index is 12.8. The smallest absolute Gasteiger partial charge is 0.256 e. The van der Waals surface area contributed by atoms with Crippen LogP contribution in [0.4, 0.5) is 0 Å². The predicted molar refractivity (Wildman–Crippen MR) is 91.8 cm³/mol. The molecule has 2 heterocycles. The van der Waals surface area contributed by atoms with Gasteiger partial charge in [-0.15, -0.1) is 0 Å². The minimum absolute atomic E-state index is 0.0606. The van der Waals surface area contributed by atoms with Crippen molar-refractivity contribution in [3.8, 4) is 0 Å². The van der Waals surface area contributed by atoms with Gasteiger partial charge in [-0.2, -0.15) is 0 Å². The quantitative estimate of drug-likeness (QED) is 0.900. The standard InChI is InChI=1S/C18H28N2O4/c1-13-7-6-8-15(21)20(13)12-18(5,23)16(22)19-9-10-24-14(11-19)17(2,3)4/h6-8,14,23H,9-12H2,1-5H3/t14-,18+/m1/s1. The first-order chi connectivity index (χ1) is 11.0. The van der Waals surface area contributed by atoms with Crippen LogP contribution in [0, 0.1) is 12.3 Å². The molecule has 24 heavy (non-hydrogen) atoms. The average molecular weight is 336 g/mol. The fourth-order valence-corrected chi connectivity index (χ4v) is 2.90. The Kier molecular flexibility index (Phi) is 5.20. The van der Waals surface area contributed by atoms with Gasteiger partial charge < -0.3 is 19.3 Å². The third kappa shape index (κ3) is 4.05. The van der Waals surface area contributed by atoms with E-state index in [2.05, 4.69) is 20.8 Å². The van der Waals surface area contributed by atoms with Gasteiger partial charge in [0.2, 0.25) is 0 Å². The lowest BCUT2D eigenvalue weighted by Crippen LogP contribution is -2.57. The second-order valence-electron chi connectivity index (χ2n) is 7.84. The summed E-state index contributed by atoms with van der Waals surface area (Å²) in [6.07, 6.45) is -0.0767. The number of aliphatic hydroxyl groups is 1. The van der Waals surface area contributed by atoms with E-state index >= 15 is 0 Å². The number of pyridine rings is 1. The molecule has 0 bridgehead atoms. The molecule has 1 aromatic rings. The predicted octanol–water partition coefficient (Wildman–Crippen LogP) is 1.18. The highest BCUT2D eigenvalue weighted by Crippen LogP contribution is 2.26. The largest absolute Gasteiger partial charge is 0.378 e. The Labute approximate surface area is 143 Å². The van der Waals surface area contributed by atoms with Crippen LogP contribution in [0.1, 0.15) is 33.4 Å². The number of hydrogen-bond donors (Lipinski definition) is 1. The van der Waals surface area contributed by atoms with Crippen molar-refractivity contribution in [3.63, 3.8) is 0 Å². The Hall–Kier alpha value is -1.66. The lowest BCUT2D eigenvalue weighted by atomic mass is 9.87. The number of morpholine rings is 1. The van der Waals surface area contributed by atoms with Gasteiger partial charge in [-0.3, -0.25) is 9.59 Å². The lowest BCUT2D eigenvalue weighted by molar-refractivity contribution is -0.162. The summed E-state index contributed by atoms with van der Waals surface area (Å²) in [5.74, 6) is -0.366. The minimum Gasteiger partial charge on any atom is -0.378 e. The molecule has 134 valence electrons.